The van der Waals surface area contributed by atoms with Crippen molar-refractivity contribution in [1.82, 2.24) is 10.1 Å². The minimum atomic E-state index is -2.44. The number of halogens is 2. The summed E-state index contributed by atoms with van der Waals surface area (Å²) < 4.78 is 29.8. The van der Waals surface area contributed by atoms with Crippen molar-refractivity contribution in [2.45, 2.75) is 32.7 Å². The molecule has 1 aromatic heterocycles. The van der Waals surface area contributed by atoms with Crippen molar-refractivity contribution in [2.24, 2.45) is 0 Å². The number of hydrogen-bond donors (Lipinski definition) is 1. The minimum Gasteiger partial charge on any atom is -0.334 e. The molecule has 0 saturated heterocycles. The second-order valence-corrected chi connectivity index (χ2v) is 4.51. The van der Waals surface area contributed by atoms with Crippen molar-refractivity contribution in [3.8, 4) is 0 Å². The molecule has 6 heteroatoms. The summed E-state index contributed by atoms with van der Waals surface area (Å²) in [4.78, 5) is 4.16. The topological polar surface area (TPSA) is 51.0 Å². The highest BCUT2D eigenvalue weighted by Crippen LogP contribution is 2.19. The highest BCUT2D eigenvalue weighted by molar-refractivity contribution is 5.27. The largest absolute Gasteiger partial charge is 0.334 e. The Morgan fingerprint density at radius 3 is 2.42 bits per heavy atom. The van der Waals surface area contributed by atoms with Crippen LogP contribution in [0.25, 0.3) is 0 Å². The average Bonchev–Trinajstić information content (AvgIpc) is 2.86. The predicted octanol–water partition coefficient (Wildman–Crippen LogP) is 3.74. The third-order valence-electron chi connectivity index (χ3n) is 2.63. The molecule has 0 atom stereocenters. The number of hydrogen-bond acceptors (Lipinski definition) is 4. The fourth-order valence-corrected chi connectivity index (χ4v) is 1.50. The van der Waals surface area contributed by atoms with Crippen LogP contribution in [0.1, 0.15) is 43.1 Å². The van der Waals surface area contributed by atoms with Crippen LogP contribution in [0.4, 0.5) is 14.8 Å². The van der Waals surface area contributed by atoms with Gasteiger partial charge in [-0.1, -0.05) is 43.3 Å². The van der Waals surface area contributed by atoms with Gasteiger partial charge in [0.05, 0.1) is 0 Å². The van der Waals surface area contributed by atoms with Crippen LogP contribution >= 0.6 is 0 Å². The third kappa shape index (κ3) is 3.49. The number of nitrogens with zero attached hydrogens (tertiary/aromatic N) is 2. The van der Waals surface area contributed by atoms with Crippen LogP contribution in [0.2, 0.25) is 0 Å². The fourth-order valence-electron chi connectivity index (χ4n) is 1.50. The van der Waals surface area contributed by atoms with Crippen molar-refractivity contribution < 1.29 is 13.3 Å². The first-order valence-electron chi connectivity index (χ1n) is 6.00. The standard InChI is InChI=1S/C13H15F2N3O/c1-8(2)12-17-13(19-18-12)16-7-9-3-5-10(6-4-9)11(14)15/h3-6,8,11H,7H2,1-2H3,(H,16,17,18). The van der Waals surface area contributed by atoms with E-state index in [1.54, 1.807) is 12.1 Å². The Balaban J connectivity index is 1.94. The zero-order valence-corrected chi connectivity index (χ0v) is 10.7. The van der Waals surface area contributed by atoms with Gasteiger partial charge in [-0.3, -0.25) is 0 Å². The molecule has 0 radical (unpaired) electrons. The van der Waals surface area contributed by atoms with Gasteiger partial charge in [0.25, 0.3) is 6.43 Å². The summed E-state index contributed by atoms with van der Waals surface area (Å²) in [5.74, 6) is 0.833. The molecular formula is C13H15F2N3O. The molecule has 1 N–H and O–H groups in total. The number of aromatic nitrogens is 2. The molecular weight excluding hydrogens is 252 g/mol. The van der Waals surface area contributed by atoms with E-state index in [9.17, 15) is 8.78 Å². The second kappa shape index (κ2) is 5.77. The molecule has 0 spiro atoms. The van der Waals surface area contributed by atoms with Crippen molar-refractivity contribution in [2.75, 3.05) is 5.32 Å². The van der Waals surface area contributed by atoms with Gasteiger partial charge in [-0.25, -0.2) is 8.78 Å². The average molecular weight is 267 g/mol. The first-order valence-corrected chi connectivity index (χ1v) is 6.00. The maximum atomic E-state index is 12.4. The molecule has 0 unspecified atom stereocenters. The highest BCUT2D eigenvalue weighted by Gasteiger charge is 2.09. The molecule has 0 aliphatic carbocycles. The summed E-state index contributed by atoms with van der Waals surface area (Å²) in [6, 6.07) is 6.45. The van der Waals surface area contributed by atoms with Gasteiger partial charge >= 0.3 is 6.01 Å². The van der Waals surface area contributed by atoms with Crippen LogP contribution in [-0.2, 0) is 6.54 Å². The number of rotatable bonds is 5. The Bertz CT molecular complexity index is 523. The minimum absolute atomic E-state index is 0.0173. The summed E-state index contributed by atoms with van der Waals surface area (Å²) in [5, 5.41) is 6.77. The lowest BCUT2D eigenvalue weighted by molar-refractivity contribution is 0.151. The van der Waals surface area contributed by atoms with E-state index in [-0.39, 0.29) is 11.5 Å². The molecule has 4 nitrogen and oxygen atoms in total. The summed E-state index contributed by atoms with van der Waals surface area (Å²) in [5.41, 5.74) is 0.886. The van der Waals surface area contributed by atoms with E-state index in [1.165, 1.54) is 12.1 Å². The maximum Gasteiger partial charge on any atom is 0.321 e. The van der Waals surface area contributed by atoms with Gasteiger partial charge in [-0.05, 0) is 5.56 Å². The monoisotopic (exact) mass is 267 g/mol. The van der Waals surface area contributed by atoms with Crippen LogP contribution < -0.4 is 5.32 Å². The van der Waals surface area contributed by atoms with Gasteiger partial charge in [0.2, 0.25) is 0 Å². The van der Waals surface area contributed by atoms with Crippen LogP contribution in [-0.4, -0.2) is 10.1 Å². The van der Waals surface area contributed by atoms with Crippen molar-refractivity contribution >= 4 is 6.01 Å². The van der Waals surface area contributed by atoms with Gasteiger partial charge in [-0.2, -0.15) is 4.98 Å². The molecule has 2 rings (SSSR count). The van der Waals surface area contributed by atoms with E-state index in [0.717, 1.165) is 5.56 Å². The quantitative estimate of drug-likeness (QED) is 0.896. The summed E-state index contributed by atoms with van der Waals surface area (Å²) in [6.07, 6.45) is -2.44. The highest BCUT2D eigenvalue weighted by atomic mass is 19.3. The fraction of sp³-hybridized carbons (Fsp3) is 0.385. The third-order valence-corrected chi connectivity index (χ3v) is 2.63. The first kappa shape index (κ1) is 13.5. The van der Waals surface area contributed by atoms with Crippen LogP contribution in [0.3, 0.4) is 0 Å². The summed E-state index contributed by atoms with van der Waals surface area (Å²) in [7, 11) is 0. The molecule has 0 aliphatic heterocycles. The van der Waals surface area contributed by atoms with Crippen molar-refractivity contribution in [3.05, 3.63) is 41.2 Å². The Labute approximate surface area is 109 Å². The Morgan fingerprint density at radius 2 is 1.89 bits per heavy atom. The van der Waals surface area contributed by atoms with E-state index >= 15 is 0 Å². The first-order chi connectivity index (χ1) is 9.06. The summed E-state index contributed by atoms with van der Waals surface area (Å²) >= 11 is 0. The molecule has 0 saturated carbocycles. The number of nitrogens with one attached hydrogen (secondary N) is 1. The van der Waals surface area contributed by atoms with E-state index in [1.807, 2.05) is 13.8 Å². The normalized spacial score (nSPS) is 11.3. The molecule has 0 amide bonds. The van der Waals surface area contributed by atoms with Crippen molar-refractivity contribution in [1.29, 1.82) is 0 Å². The second-order valence-electron chi connectivity index (χ2n) is 4.51. The Kier molecular flexibility index (Phi) is 4.09. The molecule has 102 valence electrons. The Morgan fingerprint density at radius 1 is 1.21 bits per heavy atom. The summed E-state index contributed by atoms with van der Waals surface area (Å²) in [6.45, 7) is 4.39. The molecule has 0 aliphatic rings. The molecule has 19 heavy (non-hydrogen) atoms. The van der Waals surface area contributed by atoms with E-state index < -0.39 is 6.43 Å². The van der Waals surface area contributed by atoms with Gasteiger partial charge in [0, 0.05) is 18.0 Å². The van der Waals surface area contributed by atoms with Crippen LogP contribution in [0.15, 0.2) is 28.8 Å². The van der Waals surface area contributed by atoms with E-state index in [2.05, 4.69) is 15.5 Å². The number of anilines is 1. The van der Waals surface area contributed by atoms with Gasteiger partial charge < -0.3 is 9.84 Å². The maximum absolute atomic E-state index is 12.4. The molecule has 1 heterocycles. The number of benzene rings is 1. The van der Waals surface area contributed by atoms with E-state index in [4.69, 9.17) is 4.52 Å². The zero-order valence-electron chi connectivity index (χ0n) is 10.7. The predicted molar refractivity (Wildman–Crippen MR) is 67.1 cm³/mol. The Hall–Kier alpha value is -1.98. The van der Waals surface area contributed by atoms with Crippen molar-refractivity contribution in [3.63, 3.8) is 0 Å². The molecule has 2 aromatic rings. The zero-order chi connectivity index (χ0) is 13.8. The molecule has 0 fully saturated rings. The van der Waals surface area contributed by atoms with Gasteiger partial charge in [0.1, 0.15) is 0 Å². The SMILES string of the molecule is CC(C)c1noc(NCc2ccc(C(F)F)cc2)n1. The van der Waals surface area contributed by atoms with Gasteiger partial charge in [0.15, 0.2) is 5.82 Å². The van der Waals surface area contributed by atoms with Gasteiger partial charge in [-0.15, -0.1) is 0 Å². The van der Waals surface area contributed by atoms with E-state index in [0.29, 0.717) is 18.4 Å². The molecule has 1 aromatic carbocycles. The lowest BCUT2D eigenvalue weighted by atomic mass is 10.1. The van der Waals surface area contributed by atoms with Crippen LogP contribution in [0, 0.1) is 0 Å². The molecule has 0 bridgehead atoms. The smallest absolute Gasteiger partial charge is 0.321 e. The lowest BCUT2D eigenvalue weighted by Crippen LogP contribution is -2.00. The lowest BCUT2D eigenvalue weighted by Gasteiger charge is -2.03. The van der Waals surface area contributed by atoms with Crippen LogP contribution in [0.5, 0.6) is 0 Å². The number of alkyl halides is 2.